The normalized spacial score (nSPS) is 15.0. The van der Waals surface area contributed by atoms with Gasteiger partial charge in [0.2, 0.25) is 0 Å². The van der Waals surface area contributed by atoms with Crippen molar-refractivity contribution in [3.8, 4) is 5.75 Å². The Hall–Kier alpha value is -1.35. The van der Waals surface area contributed by atoms with E-state index < -0.39 is 0 Å². The highest BCUT2D eigenvalue weighted by Crippen LogP contribution is 2.38. The highest BCUT2D eigenvalue weighted by molar-refractivity contribution is 9.10. The molecule has 0 aromatic heterocycles. The number of carbonyl (C=O) groups is 1. The maximum atomic E-state index is 13.0. The van der Waals surface area contributed by atoms with Gasteiger partial charge in [0.05, 0.1) is 20.1 Å². The molecule has 1 aliphatic heterocycles. The molecule has 0 saturated carbocycles. The third kappa shape index (κ3) is 5.41. The number of amides is 1. The van der Waals surface area contributed by atoms with Gasteiger partial charge in [0.25, 0.3) is 5.91 Å². The maximum absolute atomic E-state index is 13.0. The van der Waals surface area contributed by atoms with Gasteiger partial charge in [-0.1, -0.05) is 65.4 Å². The molecule has 3 aromatic rings. The van der Waals surface area contributed by atoms with Crippen molar-refractivity contribution in [1.82, 2.24) is 0 Å². The molecule has 0 aliphatic carbocycles. The molecule has 1 saturated heterocycles. The molecule has 0 atom stereocenters. The van der Waals surface area contributed by atoms with E-state index in [2.05, 4.69) is 31.9 Å². The van der Waals surface area contributed by atoms with Crippen molar-refractivity contribution in [3.63, 3.8) is 0 Å². The first-order valence-electron chi connectivity index (χ1n) is 9.21. The summed E-state index contributed by atoms with van der Waals surface area (Å²) in [5, 5.41) is 1.20. The summed E-state index contributed by atoms with van der Waals surface area (Å²) in [6, 6.07) is 18.5. The zero-order valence-electron chi connectivity index (χ0n) is 16.2. The Balaban J connectivity index is 1.50. The Morgan fingerprint density at radius 1 is 1.00 bits per heavy atom. The van der Waals surface area contributed by atoms with Gasteiger partial charge in [-0.3, -0.25) is 9.69 Å². The lowest BCUT2D eigenvalue weighted by atomic mass is 10.2. The smallest absolute Gasteiger partial charge is 0.270 e. The van der Waals surface area contributed by atoms with Gasteiger partial charge >= 0.3 is 0 Å². The Labute approximate surface area is 222 Å². The van der Waals surface area contributed by atoms with Gasteiger partial charge in [-0.2, -0.15) is 0 Å². The first-order valence-corrected chi connectivity index (χ1v) is 12.8. The second kappa shape index (κ2) is 10.3. The maximum Gasteiger partial charge on any atom is 0.270 e. The van der Waals surface area contributed by atoms with Crippen molar-refractivity contribution in [2.45, 2.75) is 6.61 Å². The molecular weight excluding hydrogens is 617 g/mol. The summed E-state index contributed by atoms with van der Waals surface area (Å²) in [6.45, 7) is 0.420. The van der Waals surface area contributed by atoms with Gasteiger partial charge in [0.15, 0.2) is 4.32 Å². The summed E-state index contributed by atoms with van der Waals surface area (Å²) >= 11 is 25.7. The molecule has 1 heterocycles. The minimum Gasteiger partial charge on any atom is -0.488 e. The lowest BCUT2D eigenvalue weighted by Crippen LogP contribution is -2.27. The molecule has 0 bridgehead atoms. The number of halogens is 4. The predicted molar refractivity (Wildman–Crippen MR) is 145 cm³/mol. The summed E-state index contributed by atoms with van der Waals surface area (Å²) in [4.78, 5) is 15.0. The Morgan fingerprint density at radius 3 is 2.44 bits per heavy atom. The van der Waals surface area contributed by atoms with Crippen molar-refractivity contribution in [1.29, 1.82) is 0 Å². The highest BCUT2D eigenvalue weighted by atomic mass is 79.9. The number of rotatable bonds is 5. The number of anilines is 1. The summed E-state index contributed by atoms with van der Waals surface area (Å²) in [7, 11) is 0. The average molecular weight is 630 g/mol. The molecule has 1 fully saturated rings. The molecule has 1 aliphatic rings. The third-order valence-corrected chi connectivity index (χ3v) is 7.92. The van der Waals surface area contributed by atoms with Crippen LogP contribution in [0.5, 0.6) is 5.75 Å². The van der Waals surface area contributed by atoms with Gasteiger partial charge in [0.1, 0.15) is 12.4 Å². The van der Waals surface area contributed by atoms with Gasteiger partial charge in [0, 0.05) is 9.50 Å². The molecule has 0 unspecified atom stereocenters. The van der Waals surface area contributed by atoms with Crippen molar-refractivity contribution < 1.29 is 9.53 Å². The van der Waals surface area contributed by atoms with Crippen LogP contribution in [0.25, 0.3) is 6.08 Å². The van der Waals surface area contributed by atoms with Crippen LogP contribution in [0.2, 0.25) is 10.0 Å². The van der Waals surface area contributed by atoms with Gasteiger partial charge in [-0.05, 0) is 91.5 Å². The van der Waals surface area contributed by atoms with E-state index in [9.17, 15) is 4.79 Å². The minimum atomic E-state index is -0.183. The van der Waals surface area contributed by atoms with Crippen LogP contribution in [-0.4, -0.2) is 10.2 Å². The number of benzene rings is 3. The number of ether oxygens (including phenoxy) is 1. The second-order valence-electron chi connectivity index (χ2n) is 6.72. The zero-order chi connectivity index (χ0) is 22.8. The van der Waals surface area contributed by atoms with Gasteiger partial charge < -0.3 is 4.74 Å². The van der Waals surface area contributed by atoms with E-state index >= 15 is 0 Å². The Bertz CT molecular complexity index is 1250. The zero-order valence-corrected chi connectivity index (χ0v) is 22.5. The molecule has 1 amide bonds. The molecule has 32 heavy (non-hydrogen) atoms. The number of thioether (sulfide) groups is 1. The molecule has 0 spiro atoms. The van der Waals surface area contributed by atoms with Crippen LogP contribution >= 0.6 is 79.0 Å². The summed E-state index contributed by atoms with van der Waals surface area (Å²) < 4.78 is 7.90. The largest absolute Gasteiger partial charge is 0.488 e. The van der Waals surface area contributed by atoms with E-state index in [0.29, 0.717) is 37.3 Å². The Morgan fingerprint density at radius 2 is 1.75 bits per heavy atom. The topological polar surface area (TPSA) is 29.5 Å². The van der Waals surface area contributed by atoms with E-state index in [4.69, 9.17) is 40.2 Å². The number of hydrogen-bond donors (Lipinski definition) is 0. The summed E-state index contributed by atoms with van der Waals surface area (Å²) in [6.07, 6.45) is 1.81. The molecule has 0 N–H and O–H groups in total. The van der Waals surface area contributed by atoms with E-state index in [1.807, 2.05) is 48.5 Å². The number of thiocarbonyl (C=S) groups is 1. The fraction of sp³-hybridized carbons (Fsp3) is 0.0435. The predicted octanol–water partition coefficient (Wildman–Crippen LogP) is 8.50. The third-order valence-electron chi connectivity index (χ3n) is 4.52. The van der Waals surface area contributed by atoms with E-state index in [1.54, 1.807) is 18.2 Å². The minimum absolute atomic E-state index is 0.183. The van der Waals surface area contributed by atoms with Crippen molar-refractivity contribution >= 4 is 101 Å². The molecular formula is C23H13Br2Cl2NO2S2. The lowest BCUT2D eigenvalue weighted by Gasteiger charge is -2.15. The van der Waals surface area contributed by atoms with E-state index in [-0.39, 0.29) is 5.91 Å². The van der Waals surface area contributed by atoms with E-state index in [1.165, 1.54) is 16.7 Å². The van der Waals surface area contributed by atoms with Crippen molar-refractivity contribution in [3.05, 3.63) is 95.7 Å². The standard InChI is InChI=1S/C23H13Br2Cl2NO2S2/c24-17-7-6-16(11-19(17)27)28-22(29)21(32-23(28)31)10-14-3-8-20(18(25)9-14)30-12-13-1-4-15(26)5-2-13/h1-11H,12H2/b21-10+. The lowest BCUT2D eigenvalue weighted by molar-refractivity contribution is -0.113. The number of carbonyl (C=O) groups excluding carboxylic acids is 1. The molecule has 4 rings (SSSR count). The van der Waals surface area contributed by atoms with Crippen LogP contribution in [0.4, 0.5) is 5.69 Å². The summed E-state index contributed by atoms with van der Waals surface area (Å²) in [5.74, 6) is 0.520. The SMILES string of the molecule is O=C1/C(=C\c2ccc(OCc3ccc(Cl)cc3)c(Br)c2)SC(=S)N1c1ccc(Br)c(Cl)c1. The van der Waals surface area contributed by atoms with Crippen LogP contribution < -0.4 is 9.64 Å². The van der Waals surface area contributed by atoms with Crippen LogP contribution in [0.3, 0.4) is 0 Å². The van der Waals surface area contributed by atoms with Gasteiger partial charge in [-0.15, -0.1) is 0 Å². The molecule has 3 aromatic carbocycles. The second-order valence-corrected chi connectivity index (χ2v) is 10.9. The molecule has 9 heteroatoms. The summed E-state index contributed by atoms with van der Waals surface area (Å²) in [5.41, 5.74) is 2.50. The number of hydrogen-bond acceptors (Lipinski definition) is 4. The van der Waals surface area contributed by atoms with Crippen molar-refractivity contribution in [2.75, 3.05) is 4.90 Å². The van der Waals surface area contributed by atoms with Crippen molar-refractivity contribution in [2.24, 2.45) is 0 Å². The van der Waals surface area contributed by atoms with Crippen LogP contribution in [0.15, 0.2) is 74.5 Å². The molecule has 0 radical (unpaired) electrons. The number of nitrogens with zero attached hydrogens (tertiary/aromatic N) is 1. The van der Waals surface area contributed by atoms with Crippen LogP contribution in [0.1, 0.15) is 11.1 Å². The Kier molecular flexibility index (Phi) is 7.65. The quantitative estimate of drug-likeness (QED) is 0.209. The van der Waals surface area contributed by atoms with E-state index in [0.717, 1.165) is 20.1 Å². The average Bonchev–Trinajstić information content (AvgIpc) is 3.03. The van der Waals surface area contributed by atoms with Crippen LogP contribution in [0, 0.1) is 0 Å². The molecule has 162 valence electrons. The first kappa shape index (κ1) is 23.8. The van der Waals surface area contributed by atoms with Gasteiger partial charge in [-0.25, -0.2) is 0 Å². The monoisotopic (exact) mass is 627 g/mol. The fourth-order valence-electron chi connectivity index (χ4n) is 2.93. The molecule has 3 nitrogen and oxygen atoms in total. The van der Waals surface area contributed by atoms with Crippen LogP contribution in [-0.2, 0) is 11.4 Å². The first-order chi connectivity index (χ1) is 15.3. The fourth-order valence-corrected chi connectivity index (χ4v) is 5.29. The highest BCUT2D eigenvalue weighted by Gasteiger charge is 2.33.